The number of aliphatic hydroxyl groups is 1. The van der Waals surface area contributed by atoms with Crippen molar-refractivity contribution in [3.63, 3.8) is 0 Å². The Morgan fingerprint density at radius 2 is 1.71 bits per heavy atom. The Balaban J connectivity index is 0.000000162. The van der Waals surface area contributed by atoms with Crippen LogP contribution in [0.3, 0.4) is 0 Å². The summed E-state index contributed by atoms with van der Waals surface area (Å²) < 4.78 is 7.23. The van der Waals surface area contributed by atoms with Crippen LogP contribution >= 0.6 is 0 Å². The molecule has 0 saturated carbocycles. The minimum absolute atomic E-state index is 0.1000. The van der Waals surface area contributed by atoms with Gasteiger partial charge in [-0.25, -0.2) is 0 Å². The van der Waals surface area contributed by atoms with E-state index in [-0.39, 0.29) is 24.4 Å². The molecule has 0 aliphatic carbocycles. The van der Waals surface area contributed by atoms with Crippen LogP contribution in [0.5, 0.6) is 0 Å². The van der Waals surface area contributed by atoms with Gasteiger partial charge >= 0.3 is 63.7 Å². The van der Waals surface area contributed by atoms with E-state index < -0.39 is 4.76 Å². The topological polar surface area (TPSA) is 62.4 Å². The molecule has 0 aromatic carbocycles. The molecule has 0 aromatic rings. The van der Waals surface area contributed by atoms with Crippen molar-refractivity contribution in [2.24, 2.45) is 0 Å². The van der Waals surface area contributed by atoms with Crippen molar-refractivity contribution in [2.75, 3.05) is 0 Å². The van der Waals surface area contributed by atoms with Gasteiger partial charge in [0.05, 0.1) is 0 Å². The monoisotopic (exact) mass is 270 g/mol. The van der Waals surface area contributed by atoms with E-state index in [0.29, 0.717) is 0 Å². The first kappa shape index (κ1) is 8.11. The molecule has 0 spiro atoms. The molecule has 1 atom stereocenters. The number of hydrogen-bond acceptors (Lipinski definition) is 4. The molecule has 1 aliphatic rings. The molecule has 0 radical (unpaired) electrons. The number of rotatable bonds is 0. The first-order valence-corrected chi connectivity index (χ1v) is 4.24. The van der Waals surface area contributed by atoms with Crippen LogP contribution < -0.4 is 0 Å². The summed E-state index contributed by atoms with van der Waals surface area (Å²) in [6.07, 6.45) is 0. The van der Waals surface area contributed by atoms with E-state index in [1.807, 2.05) is 0 Å². The molecule has 40 valence electrons. The van der Waals surface area contributed by atoms with E-state index in [0.717, 1.165) is 16.9 Å². The maximum atomic E-state index is 8.42. The fraction of sp³-hybridized carbons (Fsp3) is 1.00. The normalized spacial score (nSPS) is 21.9. The van der Waals surface area contributed by atoms with E-state index >= 15 is 0 Å². The third kappa shape index (κ3) is 4.97. The van der Waals surface area contributed by atoms with Crippen molar-refractivity contribution < 1.29 is 17.7 Å². The molecular formula is CH4AsInO4. The molecule has 1 rings (SSSR count). The van der Waals surface area contributed by atoms with Crippen molar-refractivity contribution in [3.8, 4) is 0 Å². The zero-order valence-electron chi connectivity index (χ0n) is 3.46. The summed E-state index contributed by atoms with van der Waals surface area (Å²) in [5.41, 5.74) is 0. The van der Waals surface area contributed by atoms with Crippen LogP contribution in [0.2, 0.25) is 0 Å². The van der Waals surface area contributed by atoms with Crippen molar-refractivity contribution in [2.45, 2.75) is 4.76 Å². The van der Waals surface area contributed by atoms with Crippen LogP contribution in [-0.2, 0) is 12.6 Å². The Hall–Kier alpha value is 1.11. The summed E-state index contributed by atoms with van der Waals surface area (Å²) >= 11 is 0.914. The number of hydrogen-bond donors (Lipinski definition) is 1. The fourth-order valence-corrected chi connectivity index (χ4v) is 0.144. The SMILES string of the molecule is OC1([AsH2])OO1.[O]=[InH]. The summed E-state index contributed by atoms with van der Waals surface area (Å²) in [5.74, 6) is 0. The molecule has 7 heavy (non-hydrogen) atoms. The van der Waals surface area contributed by atoms with E-state index in [9.17, 15) is 0 Å². The summed E-state index contributed by atoms with van der Waals surface area (Å²) in [5, 5.41) is 8.22. The predicted octanol–water partition coefficient (Wildman–Crippen LogP) is -2.58. The van der Waals surface area contributed by atoms with Crippen molar-refractivity contribution in [1.82, 2.24) is 0 Å². The minimum atomic E-state index is -1.19. The molecule has 0 bridgehead atoms. The molecule has 4 nitrogen and oxygen atoms in total. The quantitative estimate of drug-likeness (QED) is 0.298. The first-order chi connectivity index (χ1) is 3.21. The Morgan fingerprint density at radius 1 is 1.57 bits per heavy atom. The second kappa shape index (κ2) is 3.20. The fourth-order valence-electron chi connectivity index (χ4n) is 0.0427. The molecule has 1 aliphatic heterocycles. The molecule has 0 aromatic heterocycles. The van der Waals surface area contributed by atoms with E-state index in [1.54, 1.807) is 0 Å². The predicted molar refractivity (Wildman–Crippen MR) is 23.5 cm³/mol. The zero-order chi connectivity index (χ0) is 5.91. The van der Waals surface area contributed by atoms with Gasteiger partial charge in [-0.15, -0.1) is 0 Å². The van der Waals surface area contributed by atoms with Crippen LogP contribution in [0.1, 0.15) is 0 Å². The third-order valence-corrected chi connectivity index (χ3v) is 0.658. The Bertz CT molecular complexity index is 58.7. The van der Waals surface area contributed by atoms with Crippen LogP contribution in [0.15, 0.2) is 0 Å². The van der Waals surface area contributed by atoms with Gasteiger partial charge in [0.25, 0.3) is 0 Å². The Kier molecular flexibility index (Phi) is 3.70. The standard InChI is InChI=1S/CH3AsO3.In.O.H/c2-1(3)4-5-1;;;/h3H,2H2;;;. The van der Waals surface area contributed by atoms with Crippen LogP contribution in [0, 0.1) is 0 Å². The molecule has 6 heteroatoms. The van der Waals surface area contributed by atoms with Gasteiger partial charge in [-0.1, -0.05) is 0 Å². The van der Waals surface area contributed by atoms with Crippen molar-refractivity contribution >= 4 is 41.2 Å². The van der Waals surface area contributed by atoms with Gasteiger partial charge in [-0.3, -0.25) is 0 Å². The van der Waals surface area contributed by atoms with E-state index in [1.165, 1.54) is 0 Å². The molecule has 1 N–H and O–H groups in total. The van der Waals surface area contributed by atoms with Gasteiger partial charge in [0.15, 0.2) is 0 Å². The van der Waals surface area contributed by atoms with Crippen LogP contribution in [0.25, 0.3) is 0 Å². The van der Waals surface area contributed by atoms with E-state index in [4.69, 9.17) is 7.96 Å². The van der Waals surface area contributed by atoms with Gasteiger partial charge in [-0.2, -0.15) is 0 Å². The Labute approximate surface area is 63.6 Å². The molecular weight excluding hydrogens is 266 g/mol. The molecule has 1 fully saturated rings. The third-order valence-electron chi connectivity index (χ3n) is 0.254. The van der Waals surface area contributed by atoms with Crippen molar-refractivity contribution in [3.05, 3.63) is 0 Å². The van der Waals surface area contributed by atoms with Crippen molar-refractivity contribution in [1.29, 1.82) is 0 Å². The second-order valence-electron chi connectivity index (χ2n) is 0.797. The summed E-state index contributed by atoms with van der Waals surface area (Å²) in [6.45, 7) is 0. The average molecular weight is 270 g/mol. The molecule has 1 saturated heterocycles. The van der Waals surface area contributed by atoms with Gasteiger partial charge < -0.3 is 0 Å². The summed E-state index contributed by atoms with van der Waals surface area (Å²) in [7, 11) is 0. The molecule has 1 unspecified atom stereocenters. The molecule has 1 heterocycles. The Morgan fingerprint density at radius 3 is 1.71 bits per heavy atom. The first-order valence-electron chi connectivity index (χ1n) is 1.38. The maximum absolute atomic E-state index is 8.42. The second-order valence-corrected chi connectivity index (χ2v) is 2.33. The van der Waals surface area contributed by atoms with Gasteiger partial charge in [0, 0.05) is 0 Å². The van der Waals surface area contributed by atoms with Crippen LogP contribution in [-0.4, -0.2) is 51.1 Å². The average Bonchev–Trinajstić information content (AvgIpc) is 2.26. The van der Waals surface area contributed by atoms with Crippen LogP contribution in [0.4, 0.5) is 0 Å². The molecule has 0 amide bonds. The van der Waals surface area contributed by atoms with E-state index in [2.05, 4.69) is 9.78 Å². The van der Waals surface area contributed by atoms with Gasteiger partial charge in [0.1, 0.15) is 0 Å². The van der Waals surface area contributed by atoms with Gasteiger partial charge in [0.2, 0.25) is 0 Å². The zero-order valence-corrected chi connectivity index (χ0v) is 9.92. The summed E-state index contributed by atoms with van der Waals surface area (Å²) in [4.78, 5) is 7.96. The summed E-state index contributed by atoms with van der Waals surface area (Å²) in [6, 6.07) is 0. The van der Waals surface area contributed by atoms with Gasteiger partial charge in [-0.05, 0) is 0 Å².